The maximum absolute atomic E-state index is 13.2. The Hall–Kier alpha value is -4.01. The Bertz CT molecular complexity index is 1450. The molecule has 178 valence electrons. The molecule has 0 radical (unpaired) electrons. The fraction of sp³-hybridized carbons (Fsp3) is 0.308. The lowest BCUT2D eigenvalue weighted by Crippen LogP contribution is -2.50. The molecule has 8 nitrogen and oxygen atoms in total. The van der Waals surface area contributed by atoms with Crippen molar-refractivity contribution in [1.29, 1.82) is 0 Å². The van der Waals surface area contributed by atoms with Crippen molar-refractivity contribution in [3.63, 3.8) is 0 Å². The molecular weight excluding hydrogens is 449 g/mol. The average Bonchev–Trinajstić information content (AvgIpc) is 3.62. The Balaban J connectivity index is 1.22. The van der Waals surface area contributed by atoms with Crippen LogP contribution in [0, 0.1) is 5.82 Å². The number of rotatable bonds is 5. The van der Waals surface area contributed by atoms with E-state index in [4.69, 9.17) is 4.52 Å². The van der Waals surface area contributed by atoms with Gasteiger partial charge in [0.25, 0.3) is 11.4 Å². The number of nitrogens with zero attached hydrogens (tertiary/aromatic N) is 5. The normalized spacial score (nSPS) is 16.1. The molecule has 2 fully saturated rings. The predicted molar refractivity (Wildman–Crippen MR) is 129 cm³/mol. The number of anilines is 1. The second-order valence-electron chi connectivity index (χ2n) is 9.08. The second-order valence-corrected chi connectivity index (χ2v) is 9.08. The van der Waals surface area contributed by atoms with Crippen molar-refractivity contribution in [2.45, 2.75) is 25.3 Å². The smallest absolute Gasteiger partial charge is 0.258 e. The van der Waals surface area contributed by atoms with Gasteiger partial charge in [-0.05, 0) is 43.2 Å². The Labute approximate surface area is 200 Å². The molecule has 0 spiro atoms. The lowest BCUT2D eigenvalue weighted by atomic mass is 10.1. The van der Waals surface area contributed by atoms with Crippen LogP contribution in [0.5, 0.6) is 0 Å². The van der Waals surface area contributed by atoms with Gasteiger partial charge in [0.05, 0.1) is 11.1 Å². The SMILES string of the molecule is O=C(Cn1c(=O)cc(-c2nc(C3CC3)no2)c2ccccc21)N1CCN(c2ccc(F)cc2)CC1. The summed E-state index contributed by atoms with van der Waals surface area (Å²) in [4.78, 5) is 34.7. The van der Waals surface area contributed by atoms with E-state index < -0.39 is 0 Å². The number of piperazine rings is 1. The van der Waals surface area contributed by atoms with E-state index in [0.717, 1.165) is 23.9 Å². The molecule has 1 amide bonds. The number of amides is 1. The molecule has 35 heavy (non-hydrogen) atoms. The molecule has 2 aromatic heterocycles. The third-order valence-corrected chi connectivity index (χ3v) is 6.75. The van der Waals surface area contributed by atoms with Crippen LogP contribution in [0.25, 0.3) is 22.4 Å². The first-order valence-electron chi connectivity index (χ1n) is 11.8. The zero-order valence-corrected chi connectivity index (χ0v) is 19.1. The van der Waals surface area contributed by atoms with E-state index in [2.05, 4.69) is 15.0 Å². The molecule has 1 saturated carbocycles. The topological polar surface area (TPSA) is 84.5 Å². The molecule has 6 rings (SSSR count). The summed E-state index contributed by atoms with van der Waals surface area (Å²) in [6, 6.07) is 15.3. The highest BCUT2D eigenvalue weighted by Gasteiger charge is 2.29. The second kappa shape index (κ2) is 8.65. The summed E-state index contributed by atoms with van der Waals surface area (Å²) in [7, 11) is 0. The Morgan fingerprint density at radius 1 is 1.03 bits per heavy atom. The van der Waals surface area contributed by atoms with Gasteiger partial charge < -0.3 is 14.3 Å². The number of carbonyl (C=O) groups excluding carboxylic acids is 1. The molecule has 2 aromatic carbocycles. The third kappa shape index (κ3) is 4.18. The highest BCUT2D eigenvalue weighted by atomic mass is 19.1. The summed E-state index contributed by atoms with van der Waals surface area (Å²) < 4.78 is 20.2. The number of carbonyl (C=O) groups is 1. The molecule has 9 heteroatoms. The summed E-state index contributed by atoms with van der Waals surface area (Å²) in [5, 5.41) is 4.86. The number of hydrogen-bond donors (Lipinski definition) is 0. The molecule has 0 unspecified atom stereocenters. The third-order valence-electron chi connectivity index (χ3n) is 6.75. The number of hydrogen-bond acceptors (Lipinski definition) is 6. The molecule has 3 heterocycles. The monoisotopic (exact) mass is 473 g/mol. The van der Waals surface area contributed by atoms with Crippen LogP contribution in [0.15, 0.2) is 63.9 Å². The van der Waals surface area contributed by atoms with Crippen LogP contribution in [-0.4, -0.2) is 51.7 Å². The van der Waals surface area contributed by atoms with E-state index in [0.29, 0.717) is 54.9 Å². The minimum atomic E-state index is -0.289. The van der Waals surface area contributed by atoms with E-state index in [9.17, 15) is 14.0 Å². The van der Waals surface area contributed by atoms with Crippen molar-refractivity contribution in [2.24, 2.45) is 0 Å². The number of pyridine rings is 1. The van der Waals surface area contributed by atoms with Crippen molar-refractivity contribution < 1.29 is 13.7 Å². The van der Waals surface area contributed by atoms with Gasteiger partial charge in [0, 0.05) is 49.2 Å². The van der Waals surface area contributed by atoms with Crippen molar-refractivity contribution in [2.75, 3.05) is 31.1 Å². The minimum Gasteiger partial charge on any atom is -0.368 e. The fourth-order valence-electron chi connectivity index (χ4n) is 4.63. The molecule has 4 aromatic rings. The van der Waals surface area contributed by atoms with Gasteiger partial charge in [0.15, 0.2) is 5.82 Å². The van der Waals surface area contributed by atoms with Crippen molar-refractivity contribution in [1.82, 2.24) is 19.6 Å². The molecule has 1 aliphatic heterocycles. The van der Waals surface area contributed by atoms with Gasteiger partial charge in [-0.2, -0.15) is 4.98 Å². The largest absolute Gasteiger partial charge is 0.368 e. The number of halogens is 1. The molecule has 0 N–H and O–H groups in total. The van der Waals surface area contributed by atoms with Gasteiger partial charge in [-0.15, -0.1) is 0 Å². The number of benzene rings is 2. The van der Waals surface area contributed by atoms with Crippen LogP contribution < -0.4 is 10.5 Å². The van der Waals surface area contributed by atoms with Crippen LogP contribution in [0.1, 0.15) is 24.6 Å². The van der Waals surface area contributed by atoms with Crippen LogP contribution in [0.3, 0.4) is 0 Å². The van der Waals surface area contributed by atoms with Gasteiger partial charge >= 0.3 is 0 Å². The zero-order chi connectivity index (χ0) is 23.9. The molecule has 1 aliphatic carbocycles. The van der Waals surface area contributed by atoms with Crippen LogP contribution >= 0.6 is 0 Å². The molecule has 1 saturated heterocycles. The van der Waals surface area contributed by atoms with Gasteiger partial charge in [-0.25, -0.2) is 4.39 Å². The summed E-state index contributed by atoms with van der Waals surface area (Å²) in [6.45, 7) is 2.31. The van der Waals surface area contributed by atoms with E-state index in [1.807, 2.05) is 24.3 Å². The maximum Gasteiger partial charge on any atom is 0.258 e. The highest BCUT2D eigenvalue weighted by Crippen LogP contribution is 2.39. The predicted octanol–water partition coefficient (Wildman–Crippen LogP) is 3.42. The fourth-order valence-corrected chi connectivity index (χ4v) is 4.63. The zero-order valence-electron chi connectivity index (χ0n) is 19.1. The van der Waals surface area contributed by atoms with Gasteiger partial charge in [0.1, 0.15) is 12.4 Å². The van der Waals surface area contributed by atoms with Crippen molar-refractivity contribution in [3.05, 3.63) is 76.6 Å². The highest BCUT2D eigenvalue weighted by molar-refractivity contribution is 5.93. The van der Waals surface area contributed by atoms with Crippen LogP contribution in [0.2, 0.25) is 0 Å². The van der Waals surface area contributed by atoms with Gasteiger partial charge in [-0.3, -0.25) is 14.2 Å². The summed E-state index contributed by atoms with van der Waals surface area (Å²) in [5.74, 6) is 0.977. The summed E-state index contributed by atoms with van der Waals surface area (Å²) in [6.07, 6.45) is 2.11. The number of fused-ring (bicyclic) bond motifs is 1. The van der Waals surface area contributed by atoms with Gasteiger partial charge in [-0.1, -0.05) is 23.4 Å². The quantitative estimate of drug-likeness (QED) is 0.442. The van der Waals surface area contributed by atoms with E-state index in [-0.39, 0.29) is 23.8 Å². The first kappa shape index (κ1) is 21.5. The van der Waals surface area contributed by atoms with Gasteiger partial charge in [0.2, 0.25) is 5.91 Å². The standard InChI is InChI=1S/C26H24FN5O3/c27-18-7-9-19(10-8-18)30-11-13-31(14-12-30)24(34)16-32-22-4-2-1-3-20(22)21(15-23(32)33)26-28-25(29-35-26)17-5-6-17/h1-4,7-10,15,17H,5-6,11-14,16H2. The van der Waals surface area contributed by atoms with E-state index >= 15 is 0 Å². The van der Waals surface area contributed by atoms with Crippen LogP contribution in [0.4, 0.5) is 10.1 Å². The lowest BCUT2D eigenvalue weighted by molar-refractivity contribution is -0.132. The van der Waals surface area contributed by atoms with Crippen LogP contribution in [-0.2, 0) is 11.3 Å². The summed E-state index contributed by atoms with van der Waals surface area (Å²) in [5.41, 5.74) is 1.88. The van der Waals surface area contributed by atoms with Crippen molar-refractivity contribution in [3.8, 4) is 11.5 Å². The lowest BCUT2D eigenvalue weighted by Gasteiger charge is -2.36. The van der Waals surface area contributed by atoms with E-state index in [1.54, 1.807) is 17.0 Å². The average molecular weight is 474 g/mol. The molecule has 0 atom stereocenters. The summed E-state index contributed by atoms with van der Waals surface area (Å²) >= 11 is 0. The first-order chi connectivity index (χ1) is 17.1. The molecule has 2 aliphatic rings. The van der Waals surface area contributed by atoms with Crippen molar-refractivity contribution >= 4 is 22.5 Å². The van der Waals surface area contributed by atoms with E-state index in [1.165, 1.54) is 22.8 Å². The number of aromatic nitrogens is 3. The maximum atomic E-state index is 13.2. The Kier molecular flexibility index (Phi) is 5.32. The molecular formula is C26H24FN5O3. The first-order valence-corrected chi connectivity index (χ1v) is 11.8. The minimum absolute atomic E-state index is 0.0483. The molecule has 0 bridgehead atoms. The number of para-hydroxylation sites is 1. The Morgan fingerprint density at radius 2 is 1.77 bits per heavy atom. The Morgan fingerprint density at radius 3 is 2.51 bits per heavy atom.